The van der Waals surface area contributed by atoms with E-state index in [1.807, 2.05) is 19.1 Å². The molecule has 23 heavy (non-hydrogen) atoms. The second-order valence-electron chi connectivity index (χ2n) is 6.24. The minimum atomic E-state index is -0.0605. The summed E-state index contributed by atoms with van der Waals surface area (Å²) in [6.07, 6.45) is 2.69. The number of aryl methyl sites for hydroxylation is 1. The highest BCUT2D eigenvalue weighted by Gasteiger charge is 2.31. The van der Waals surface area contributed by atoms with Gasteiger partial charge >= 0.3 is 0 Å². The van der Waals surface area contributed by atoms with Crippen LogP contribution in [0.25, 0.3) is 0 Å². The molecule has 0 saturated carbocycles. The Morgan fingerprint density at radius 3 is 2.83 bits per heavy atom. The van der Waals surface area contributed by atoms with Crippen LogP contribution in [0.15, 0.2) is 18.3 Å². The van der Waals surface area contributed by atoms with E-state index in [9.17, 15) is 4.79 Å². The van der Waals surface area contributed by atoms with Gasteiger partial charge in [-0.3, -0.25) is 14.7 Å². The van der Waals surface area contributed by atoms with Crippen LogP contribution in [0.5, 0.6) is 0 Å². The van der Waals surface area contributed by atoms with E-state index >= 15 is 0 Å². The van der Waals surface area contributed by atoms with Crippen molar-refractivity contribution < 1.29 is 14.3 Å². The molecular formula is C17H25N3O3. The summed E-state index contributed by atoms with van der Waals surface area (Å²) in [5.41, 5.74) is 1.52. The molecule has 3 rings (SSSR count). The average Bonchev–Trinajstić information content (AvgIpc) is 3.11. The second kappa shape index (κ2) is 7.86. The van der Waals surface area contributed by atoms with Gasteiger partial charge in [0.1, 0.15) is 0 Å². The van der Waals surface area contributed by atoms with Crippen LogP contribution < -0.4 is 5.32 Å². The van der Waals surface area contributed by atoms with Crippen LogP contribution in [-0.4, -0.2) is 67.9 Å². The Morgan fingerprint density at radius 2 is 2.17 bits per heavy atom. The highest BCUT2D eigenvalue weighted by molar-refractivity contribution is 5.93. The number of nitrogens with one attached hydrogen (secondary N) is 1. The zero-order valence-corrected chi connectivity index (χ0v) is 13.7. The topological polar surface area (TPSA) is 63.7 Å². The summed E-state index contributed by atoms with van der Waals surface area (Å²) < 4.78 is 11.0. The molecule has 0 aromatic carbocycles. The molecule has 3 heterocycles. The normalized spacial score (nSPS) is 23.6. The van der Waals surface area contributed by atoms with Crippen LogP contribution in [-0.2, 0) is 9.47 Å². The van der Waals surface area contributed by atoms with Crippen LogP contribution in [0.2, 0.25) is 0 Å². The number of carbonyl (C=O) groups is 1. The van der Waals surface area contributed by atoms with Gasteiger partial charge in [-0.25, -0.2) is 0 Å². The Bertz CT molecular complexity index is 508. The molecule has 2 saturated heterocycles. The number of morpholine rings is 1. The van der Waals surface area contributed by atoms with Gasteiger partial charge in [0.05, 0.1) is 25.4 Å². The zero-order chi connectivity index (χ0) is 16.1. The van der Waals surface area contributed by atoms with Crippen LogP contribution in [0, 0.1) is 12.8 Å². The van der Waals surface area contributed by atoms with Crippen molar-refractivity contribution >= 4 is 5.91 Å². The number of hydrogen-bond donors (Lipinski definition) is 1. The molecule has 2 atom stereocenters. The first-order valence-corrected chi connectivity index (χ1v) is 8.34. The first-order chi connectivity index (χ1) is 11.2. The summed E-state index contributed by atoms with van der Waals surface area (Å²) in [7, 11) is 0. The molecule has 1 aromatic heterocycles. The standard InChI is InChI=1S/C17H25N3O3/c1-13-2-3-14(10-18-13)17(21)19-11-16(15-4-7-23-12-15)20-5-8-22-9-6-20/h2-3,10,15-16H,4-9,11-12H2,1H3,(H,19,21)/t15-,16+/m1/s1. The smallest absolute Gasteiger partial charge is 0.252 e. The summed E-state index contributed by atoms with van der Waals surface area (Å²) >= 11 is 0. The van der Waals surface area contributed by atoms with Crippen LogP contribution >= 0.6 is 0 Å². The van der Waals surface area contributed by atoms with E-state index in [0.717, 1.165) is 51.6 Å². The molecule has 126 valence electrons. The molecule has 1 N–H and O–H groups in total. The van der Waals surface area contributed by atoms with Gasteiger partial charge in [-0.2, -0.15) is 0 Å². The number of hydrogen-bond acceptors (Lipinski definition) is 5. The van der Waals surface area contributed by atoms with Crippen molar-refractivity contribution in [1.82, 2.24) is 15.2 Å². The molecule has 2 aliphatic heterocycles. The third-order valence-electron chi connectivity index (χ3n) is 4.67. The lowest BCUT2D eigenvalue weighted by Gasteiger charge is -2.37. The molecule has 0 spiro atoms. The fourth-order valence-electron chi connectivity index (χ4n) is 3.26. The maximum absolute atomic E-state index is 12.3. The lowest BCUT2D eigenvalue weighted by Crippen LogP contribution is -2.52. The van der Waals surface area contributed by atoms with Crippen molar-refractivity contribution in [2.75, 3.05) is 46.1 Å². The number of amides is 1. The van der Waals surface area contributed by atoms with Crippen molar-refractivity contribution in [3.05, 3.63) is 29.6 Å². The van der Waals surface area contributed by atoms with E-state index in [2.05, 4.69) is 15.2 Å². The number of pyridine rings is 1. The molecule has 1 aromatic rings. The van der Waals surface area contributed by atoms with Gasteiger partial charge in [0.2, 0.25) is 0 Å². The van der Waals surface area contributed by atoms with E-state index in [-0.39, 0.29) is 5.91 Å². The molecule has 2 fully saturated rings. The summed E-state index contributed by atoms with van der Waals surface area (Å²) in [4.78, 5) is 18.9. The van der Waals surface area contributed by atoms with Crippen LogP contribution in [0.4, 0.5) is 0 Å². The lowest BCUT2D eigenvalue weighted by atomic mass is 9.96. The number of ether oxygens (including phenoxy) is 2. The van der Waals surface area contributed by atoms with E-state index in [1.54, 1.807) is 6.20 Å². The first-order valence-electron chi connectivity index (χ1n) is 8.34. The summed E-state index contributed by atoms with van der Waals surface area (Å²) in [5.74, 6) is 0.416. The molecule has 6 nitrogen and oxygen atoms in total. The molecule has 0 radical (unpaired) electrons. The third-order valence-corrected chi connectivity index (χ3v) is 4.67. The van der Waals surface area contributed by atoms with Crippen molar-refractivity contribution in [1.29, 1.82) is 0 Å². The van der Waals surface area contributed by atoms with Crippen molar-refractivity contribution in [3.8, 4) is 0 Å². The highest BCUT2D eigenvalue weighted by Crippen LogP contribution is 2.22. The Balaban J connectivity index is 1.61. The molecule has 6 heteroatoms. The van der Waals surface area contributed by atoms with Crippen molar-refractivity contribution in [3.63, 3.8) is 0 Å². The predicted molar refractivity (Wildman–Crippen MR) is 86.4 cm³/mol. The van der Waals surface area contributed by atoms with Gasteiger partial charge in [0.15, 0.2) is 0 Å². The van der Waals surface area contributed by atoms with E-state index < -0.39 is 0 Å². The zero-order valence-electron chi connectivity index (χ0n) is 13.7. The van der Waals surface area contributed by atoms with E-state index in [4.69, 9.17) is 9.47 Å². The number of rotatable bonds is 5. The SMILES string of the molecule is Cc1ccc(C(=O)NC[C@@H]([C@@H]2CCOC2)N2CCOCC2)cn1. The average molecular weight is 319 g/mol. The predicted octanol–water partition coefficient (Wildman–Crippen LogP) is 0.857. The maximum Gasteiger partial charge on any atom is 0.252 e. The Morgan fingerprint density at radius 1 is 1.35 bits per heavy atom. The fraction of sp³-hybridized carbons (Fsp3) is 0.647. The van der Waals surface area contributed by atoms with Crippen LogP contribution in [0.3, 0.4) is 0 Å². The number of nitrogens with zero attached hydrogens (tertiary/aromatic N) is 2. The number of carbonyl (C=O) groups excluding carboxylic acids is 1. The van der Waals surface area contributed by atoms with Gasteiger partial charge in [-0.05, 0) is 25.5 Å². The highest BCUT2D eigenvalue weighted by atomic mass is 16.5. The molecule has 0 bridgehead atoms. The van der Waals surface area contributed by atoms with Gasteiger partial charge in [0, 0.05) is 50.1 Å². The molecule has 0 aliphatic carbocycles. The minimum Gasteiger partial charge on any atom is -0.381 e. The number of aromatic nitrogens is 1. The Labute approximate surface area is 137 Å². The Hall–Kier alpha value is -1.50. The van der Waals surface area contributed by atoms with Crippen LogP contribution in [0.1, 0.15) is 22.5 Å². The van der Waals surface area contributed by atoms with Gasteiger partial charge in [0.25, 0.3) is 5.91 Å². The summed E-state index contributed by atoms with van der Waals surface area (Å²) in [5, 5.41) is 3.08. The van der Waals surface area contributed by atoms with E-state index in [0.29, 0.717) is 24.1 Å². The van der Waals surface area contributed by atoms with Gasteiger partial charge in [-0.1, -0.05) is 0 Å². The van der Waals surface area contributed by atoms with Crippen molar-refractivity contribution in [2.24, 2.45) is 5.92 Å². The van der Waals surface area contributed by atoms with Gasteiger partial charge in [-0.15, -0.1) is 0 Å². The Kier molecular flexibility index (Phi) is 5.59. The second-order valence-corrected chi connectivity index (χ2v) is 6.24. The molecule has 0 unspecified atom stereocenters. The summed E-state index contributed by atoms with van der Waals surface area (Å²) in [6.45, 7) is 7.52. The third kappa shape index (κ3) is 4.28. The quantitative estimate of drug-likeness (QED) is 0.872. The molecule has 2 aliphatic rings. The van der Waals surface area contributed by atoms with Gasteiger partial charge < -0.3 is 14.8 Å². The fourth-order valence-corrected chi connectivity index (χ4v) is 3.26. The minimum absolute atomic E-state index is 0.0605. The lowest BCUT2D eigenvalue weighted by molar-refractivity contribution is 0.00166. The maximum atomic E-state index is 12.3. The molecular weight excluding hydrogens is 294 g/mol. The van der Waals surface area contributed by atoms with Crippen molar-refractivity contribution in [2.45, 2.75) is 19.4 Å². The summed E-state index contributed by atoms with van der Waals surface area (Å²) in [6, 6.07) is 3.99. The first kappa shape index (κ1) is 16.4. The van der Waals surface area contributed by atoms with E-state index in [1.165, 1.54) is 0 Å². The largest absolute Gasteiger partial charge is 0.381 e. The monoisotopic (exact) mass is 319 g/mol. The molecule has 1 amide bonds.